The number of carbonyl (C=O) groups is 2. The van der Waals surface area contributed by atoms with Crippen molar-refractivity contribution in [2.24, 2.45) is 11.8 Å². The lowest BCUT2D eigenvalue weighted by Gasteiger charge is -2.45. The Kier molecular flexibility index (Phi) is 5.95. The highest BCUT2D eigenvalue weighted by molar-refractivity contribution is 5.85. The third-order valence-electron chi connectivity index (χ3n) is 7.02. The van der Waals surface area contributed by atoms with E-state index in [4.69, 9.17) is 0 Å². The molecular formula is C24H35N3O2. The van der Waals surface area contributed by atoms with Crippen LogP contribution in [0.25, 0.3) is 0 Å². The van der Waals surface area contributed by atoms with Crippen LogP contribution in [0.15, 0.2) is 30.3 Å². The Morgan fingerprint density at radius 1 is 1.14 bits per heavy atom. The van der Waals surface area contributed by atoms with Crippen LogP contribution in [-0.4, -0.2) is 46.4 Å². The van der Waals surface area contributed by atoms with Crippen molar-refractivity contribution in [1.29, 1.82) is 0 Å². The molecule has 2 amide bonds. The van der Waals surface area contributed by atoms with Crippen LogP contribution in [-0.2, 0) is 16.1 Å². The predicted octanol–water partition coefficient (Wildman–Crippen LogP) is 3.54. The topological polar surface area (TPSA) is 52.7 Å². The lowest BCUT2D eigenvalue weighted by molar-refractivity contribution is -0.140. The molecule has 5 heteroatoms. The number of benzene rings is 1. The summed E-state index contributed by atoms with van der Waals surface area (Å²) in [6.07, 6.45) is 6.97. The van der Waals surface area contributed by atoms with Gasteiger partial charge in [-0.3, -0.25) is 14.9 Å². The molecule has 29 heavy (non-hydrogen) atoms. The molecule has 1 spiro atoms. The maximum Gasteiger partial charge on any atom is 0.241 e. The Morgan fingerprint density at radius 2 is 1.79 bits per heavy atom. The summed E-state index contributed by atoms with van der Waals surface area (Å²) in [5, 5.41) is 3.73. The number of likely N-dealkylation sites (tertiary alicyclic amines) is 1. The van der Waals surface area contributed by atoms with Crippen LogP contribution in [0.1, 0.15) is 64.4 Å². The molecule has 0 aromatic heterocycles. The minimum Gasteiger partial charge on any atom is -0.342 e. The van der Waals surface area contributed by atoms with Gasteiger partial charge < -0.3 is 9.80 Å². The summed E-state index contributed by atoms with van der Waals surface area (Å²) in [5.74, 6) is 1.26. The van der Waals surface area contributed by atoms with E-state index in [2.05, 4.69) is 41.1 Å². The molecule has 0 unspecified atom stereocenters. The molecule has 5 nitrogen and oxygen atoms in total. The number of hydrogen-bond donors (Lipinski definition) is 1. The number of hydrogen-bond acceptors (Lipinski definition) is 3. The van der Waals surface area contributed by atoms with Gasteiger partial charge in [-0.2, -0.15) is 0 Å². The van der Waals surface area contributed by atoms with E-state index in [1.807, 2.05) is 18.2 Å². The van der Waals surface area contributed by atoms with Crippen LogP contribution in [0.3, 0.4) is 0 Å². The molecular weight excluding hydrogens is 362 g/mol. The maximum absolute atomic E-state index is 13.3. The van der Waals surface area contributed by atoms with Gasteiger partial charge in [0, 0.05) is 38.4 Å². The molecule has 1 N–H and O–H groups in total. The van der Waals surface area contributed by atoms with Crippen molar-refractivity contribution >= 4 is 11.8 Å². The second-order valence-corrected chi connectivity index (χ2v) is 9.57. The molecule has 4 rings (SSSR count). The van der Waals surface area contributed by atoms with Gasteiger partial charge in [0.1, 0.15) is 0 Å². The van der Waals surface area contributed by atoms with E-state index < -0.39 is 0 Å². The third kappa shape index (κ3) is 4.20. The first kappa shape index (κ1) is 20.4. The average molecular weight is 398 g/mol. The van der Waals surface area contributed by atoms with E-state index in [9.17, 15) is 9.59 Å². The first-order chi connectivity index (χ1) is 14.0. The monoisotopic (exact) mass is 397 g/mol. The molecule has 1 aromatic rings. The molecule has 0 radical (unpaired) electrons. The van der Waals surface area contributed by atoms with Crippen LogP contribution in [0.2, 0.25) is 0 Å². The van der Waals surface area contributed by atoms with Crippen LogP contribution >= 0.6 is 0 Å². The van der Waals surface area contributed by atoms with E-state index in [1.54, 1.807) is 0 Å². The Morgan fingerprint density at radius 3 is 2.41 bits per heavy atom. The van der Waals surface area contributed by atoms with Gasteiger partial charge in [-0.15, -0.1) is 0 Å². The second kappa shape index (κ2) is 8.47. The average Bonchev–Trinajstić information content (AvgIpc) is 3.33. The number of piperidine rings is 1. The Bertz CT molecular complexity index is 719. The normalized spacial score (nSPS) is 24.8. The fourth-order valence-electron chi connectivity index (χ4n) is 5.43. The molecule has 2 aliphatic heterocycles. The fourth-order valence-corrected chi connectivity index (χ4v) is 5.43. The zero-order valence-electron chi connectivity index (χ0n) is 17.9. The highest BCUT2D eigenvalue weighted by Gasteiger charge is 2.51. The summed E-state index contributed by atoms with van der Waals surface area (Å²) in [6, 6.07) is 10.1. The first-order valence-corrected chi connectivity index (χ1v) is 11.4. The third-order valence-corrected chi connectivity index (χ3v) is 7.02. The number of amides is 2. The van der Waals surface area contributed by atoms with Crippen molar-refractivity contribution in [3.8, 4) is 0 Å². The van der Waals surface area contributed by atoms with Gasteiger partial charge in [-0.25, -0.2) is 0 Å². The van der Waals surface area contributed by atoms with Crippen LogP contribution in [0.4, 0.5) is 0 Å². The van der Waals surface area contributed by atoms with E-state index in [0.717, 1.165) is 50.8 Å². The molecule has 1 aliphatic carbocycles. The molecule has 2 saturated heterocycles. The van der Waals surface area contributed by atoms with Gasteiger partial charge >= 0.3 is 0 Å². The van der Waals surface area contributed by atoms with Gasteiger partial charge in [0.2, 0.25) is 11.8 Å². The highest BCUT2D eigenvalue weighted by Crippen LogP contribution is 2.36. The van der Waals surface area contributed by atoms with Crippen molar-refractivity contribution in [1.82, 2.24) is 15.1 Å². The predicted molar refractivity (Wildman–Crippen MR) is 114 cm³/mol. The van der Waals surface area contributed by atoms with Crippen molar-refractivity contribution in [3.05, 3.63) is 35.9 Å². The molecule has 3 aliphatic rings. The van der Waals surface area contributed by atoms with E-state index in [-0.39, 0.29) is 23.5 Å². The summed E-state index contributed by atoms with van der Waals surface area (Å²) < 4.78 is 0. The van der Waals surface area contributed by atoms with Gasteiger partial charge in [0.25, 0.3) is 0 Å². The first-order valence-electron chi connectivity index (χ1n) is 11.4. The van der Waals surface area contributed by atoms with E-state index >= 15 is 0 Å². The van der Waals surface area contributed by atoms with E-state index in [1.165, 1.54) is 12.8 Å². The second-order valence-electron chi connectivity index (χ2n) is 9.57. The largest absolute Gasteiger partial charge is 0.342 e. The van der Waals surface area contributed by atoms with Crippen molar-refractivity contribution < 1.29 is 9.59 Å². The molecule has 158 valence electrons. The van der Waals surface area contributed by atoms with Crippen molar-refractivity contribution in [2.45, 2.75) is 77.0 Å². The van der Waals surface area contributed by atoms with Crippen molar-refractivity contribution in [3.63, 3.8) is 0 Å². The summed E-state index contributed by atoms with van der Waals surface area (Å²) in [5.41, 5.74) is 0.843. The van der Waals surface area contributed by atoms with Gasteiger partial charge in [0.05, 0.1) is 11.7 Å². The minimum absolute atomic E-state index is 0.115. The zero-order valence-corrected chi connectivity index (χ0v) is 17.9. The Balaban J connectivity index is 1.49. The number of nitrogens with one attached hydrogen (secondary N) is 1. The molecule has 3 fully saturated rings. The molecule has 1 aromatic carbocycles. The minimum atomic E-state index is -0.320. The van der Waals surface area contributed by atoms with E-state index in [0.29, 0.717) is 18.4 Å². The Hall–Kier alpha value is -1.88. The van der Waals surface area contributed by atoms with Gasteiger partial charge in [0.15, 0.2) is 0 Å². The smallest absolute Gasteiger partial charge is 0.241 e. The summed E-state index contributed by atoms with van der Waals surface area (Å²) in [6.45, 7) is 6.47. The molecule has 1 atom stereocenters. The lowest BCUT2D eigenvalue weighted by Crippen LogP contribution is -2.59. The zero-order chi connectivity index (χ0) is 20.4. The van der Waals surface area contributed by atoms with Gasteiger partial charge in [-0.1, -0.05) is 57.0 Å². The summed E-state index contributed by atoms with van der Waals surface area (Å²) >= 11 is 0. The molecule has 1 saturated carbocycles. The maximum atomic E-state index is 13.3. The molecule has 0 bridgehead atoms. The summed E-state index contributed by atoms with van der Waals surface area (Å²) in [4.78, 5) is 30.3. The Labute approximate surface area is 174 Å². The van der Waals surface area contributed by atoms with Crippen molar-refractivity contribution in [2.75, 3.05) is 13.1 Å². The molecule has 2 heterocycles. The fraction of sp³-hybridized carbons (Fsp3) is 0.667. The SMILES string of the molecule is CC(C)C[C@H]1NC2(CCN(C(=O)C3CCCC3)CC2)N(Cc2ccccc2)C1=O. The summed E-state index contributed by atoms with van der Waals surface area (Å²) in [7, 11) is 0. The van der Waals surface area contributed by atoms with Crippen LogP contribution in [0.5, 0.6) is 0 Å². The van der Waals surface area contributed by atoms with Crippen LogP contribution < -0.4 is 5.32 Å². The quantitative estimate of drug-likeness (QED) is 0.827. The van der Waals surface area contributed by atoms with Gasteiger partial charge in [-0.05, 0) is 30.7 Å². The standard InChI is InChI=1S/C24H35N3O2/c1-18(2)16-21-23(29)27(17-19-8-4-3-5-9-19)24(25-21)12-14-26(15-13-24)22(28)20-10-6-7-11-20/h3-5,8-9,18,20-21,25H,6-7,10-17H2,1-2H3/t21-/m1/s1. The highest BCUT2D eigenvalue weighted by atomic mass is 16.2. The van der Waals surface area contributed by atoms with Crippen LogP contribution in [0, 0.1) is 11.8 Å². The number of carbonyl (C=O) groups excluding carboxylic acids is 2. The lowest BCUT2D eigenvalue weighted by atomic mass is 9.93. The number of nitrogens with zero attached hydrogens (tertiary/aromatic N) is 2. The number of rotatable bonds is 5.